The van der Waals surface area contributed by atoms with Gasteiger partial charge >= 0.3 is 0 Å². The van der Waals surface area contributed by atoms with Gasteiger partial charge in [0.2, 0.25) is 0 Å². The van der Waals surface area contributed by atoms with Crippen molar-refractivity contribution in [3.8, 4) is 11.8 Å². The van der Waals surface area contributed by atoms with E-state index in [1.807, 2.05) is 20.9 Å². The normalized spacial score (nSPS) is 9.71. The molecule has 0 radical (unpaired) electrons. The largest absolute Gasteiger partial charge is 0.302 e. The summed E-state index contributed by atoms with van der Waals surface area (Å²) in [6, 6.07) is 0. The number of nitrogens with zero attached hydrogens (tertiary/aromatic N) is 2. The van der Waals surface area contributed by atoms with Crippen LogP contribution in [0.2, 0.25) is 5.15 Å². The third kappa shape index (κ3) is 2.50. The number of aromatic nitrogens is 2. The minimum Gasteiger partial charge on any atom is -0.302 e. The molecule has 1 aromatic rings. The summed E-state index contributed by atoms with van der Waals surface area (Å²) in [4.78, 5) is 0. The first-order valence-electron chi connectivity index (χ1n) is 4.45. The van der Waals surface area contributed by atoms with Gasteiger partial charge in [-0.15, -0.1) is 5.92 Å². The Morgan fingerprint density at radius 3 is 2.79 bits per heavy atom. The maximum absolute atomic E-state index is 6.05. The first kappa shape index (κ1) is 11.1. The molecule has 0 aliphatic rings. The zero-order valence-corrected chi connectivity index (χ0v) is 9.44. The SMILES string of the molecule is CC#CCNCc1c(C)nn(C)c1Cl. The highest BCUT2D eigenvalue weighted by Gasteiger charge is 2.09. The lowest BCUT2D eigenvalue weighted by molar-refractivity contribution is 0.754. The summed E-state index contributed by atoms with van der Waals surface area (Å²) < 4.78 is 1.68. The Labute approximate surface area is 89.4 Å². The molecule has 1 rings (SSSR count). The first-order chi connectivity index (χ1) is 6.66. The molecular weight excluding hydrogens is 198 g/mol. The number of rotatable bonds is 3. The fourth-order valence-corrected chi connectivity index (χ4v) is 1.45. The molecule has 1 N–H and O–H groups in total. The molecule has 76 valence electrons. The van der Waals surface area contributed by atoms with Crippen molar-refractivity contribution in [2.45, 2.75) is 20.4 Å². The van der Waals surface area contributed by atoms with Crippen LogP contribution in [-0.4, -0.2) is 16.3 Å². The van der Waals surface area contributed by atoms with Crippen LogP contribution in [0.4, 0.5) is 0 Å². The first-order valence-corrected chi connectivity index (χ1v) is 4.83. The molecule has 1 aromatic heterocycles. The predicted molar refractivity (Wildman–Crippen MR) is 58.1 cm³/mol. The second-order valence-electron chi connectivity index (χ2n) is 3.01. The zero-order chi connectivity index (χ0) is 10.6. The second kappa shape index (κ2) is 5.04. The average molecular weight is 212 g/mol. The standard InChI is InChI=1S/C10H14ClN3/c1-4-5-6-12-7-9-8(2)13-14(3)10(9)11/h12H,6-7H2,1-3H3. The minimum atomic E-state index is 0.682. The Hall–Kier alpha value is -0.980. The molecule has 0 amide bonds. The van der Waals surface area contributed by atoms with E-state index in [1.54, 1.807) is 4.68 Å². The molecule has 0 atom stereocenters. The van der Waals surface area contributed by atoms with Gasteiger partial charge in [0.05, 0.1) is 12.2 Å². The van der Waals surface area contributed by atoms with Gasteiger partial charge in [-0.2, -0.15) is 5.10 Å². The van der Waals surface area contributed by atoms with Crippen molar-refractivity contribution in [2.24, 2.45) is 7.05 Å². The molecule has 14 heavy (non-hydrogen) atoms. The van der Waals surface area contributed by atoms with Gasteiger partial charge in [0.1, 0.15) is 5.15 Å². The van der Waals surface area contributed by atoms with Gasteiger partial charge in [0, 0.05) is 19.2 Å². The van der Waals surface area contributed by atoms with Crippen LogP contribution in [0.5, 0.6) is 0 Å². The van der Waals surface area contributed by atoms with Gasteiger partial charge in [-0.25, -0.2) is 0 Å². The van der Waals surface area contributed by atoms with E-state index in [-0.39, 0.29) is 0 Å². The van der Waals surface area contributed by atoms with E-state index in [2.05, 4.69) is 22.3 Å². The van der Waals surface area contributed by atoms with Crippen LogP contribution in [-0.2, 0) is 13.6 Å². The molecule has 0 aliphatic heterocycles. The lowest BCUT2D eigenvalue weighted by Gasteiger charge is -1.99. The highest BCUT2D eigenvalue weighted by atomic mass is 35.5. The minimum absolute atomic E-state index is 0.682. The number of hydrogen-bond donors (Lipinski definition) is 1. The molecule has 0 spiro atoms. The monoisotopic (exact) mass is 211 g/mol. The van der Waals surface area contributed by atoms with Crippen molar-refractivity contribution in [2.75, 3.05) is 6.54 Å². The van der Waals surface area contributed by atoms with Crippen LogP contribution in [0.15, 0.2) is 0 Å². The zero-order valence-electron chi connectivity index (χ0n) is 8.69. The van der Waals surface area contributed by atoms with Crippen LogP contribution in [0.25, 0.3) is 0 Å². The van der Waals surface area contributed by atoms with E-state index in [4.69, 9.17) is 11.6 Å². The van der Waals surface area contributed by atoms with E-state index < -0.39 is 0 Å². The molecule has 0 saturated heterocycles. The average Bonchev–Trinajstić information content (AvgIpc) is 2.38. The molecule has 4 heteroatoms. The van der Waals surface area contributed by atoms with Crippen LogP contribution in [0, 0.1) is 18.8 Å². The number of aryl methyl sites for hydroxylation is 2. The highest BCUT2D eigenvalue weighted by molar-refractivity contribution is 6.30. The van der Waals surface area contributed by atoms with Gasteiger partial charge in [-0.3, -0.25) is 4.68 Å². The van der Waals surface area contributed by atoms with Gasteiger partial charge in [0.25, 0.3) is 0 Å². The molecule has 0 fully saturated rings. The summed E-state index contributed by atoms with van der Waals surface area (Å²) in [5, 5.41) is 8.10. The molecular formula is C10H14ClN3. The number of halogens is 1. The summed E-state index contributed by atoms with van der Waals surface area (Å²) >= 11 is 6.05. The summed E-state index contributed by atoms with van der Waals surface area (Å²) in [5.74, 6) is 5.75. The van der Waals surface area contributed by atoms with Crippen molar-refractivity contribution in [1.82, 2.24) is 15.1 Å². The van der Waals surface area contributed by atoms with Crippen molar-refractivity contribution >= 4 is 11.6 Å². The van der Waals surface area contributed by atoms with Gasteiger partial charge in [-0.1, -0.05) is 17.5 Å². The smallest absolute Gasteiger partial charge is 0.131 e. The van der Waals surface area contributed by atoms with Crippen molar-refractivity contribution in [3.05, 3.63) is 16.4 Å². The van der Waals surface area contributed by atoms with Crippen LogP contribution in [0.1, 0.15) is 18.2 Å². The Balaban J connectivity index is 2.61. The quantitative estimate of drug-likeness (QED) is 0.607. The summed E-state index contributed by atoms with van der Waals surface area (Å²) in [7, 11) is 1.84. The molecule has 1 heterocycles. The van der Waals surface area contributed by atoms with Crippen LogP contribution < -0.4 is 5.32 Å². The maximum atomic E-state index is 6.05. The van der Waals surface area contributed by atoms with Crippen molar-refractivity contribution < 1.29 is 0 Å². The lowest BCUT2D eigenvalue weighted by atomic mass is 10.2. The molecule has 0 aromatic carbocycles. The second-order valence-corrected chi connectivity index (χ2v) is 3.37. The van der Waals surface area contributed by atoms with Gasteiger partial charge in [0.15, 0.2) is 0 Å². The third-order valence-corrected chi connectivity index (χ3v) is 2.43. The highest BCUT2D eigenvalue weighted by Crippen LogP contribution is 2.17. The van der Waals surface area contributed by atoms with Gasteiger partial charge < -0.3 is 5.32 Å². The van der Waals surface area contributed by atoms with E-state index in [1.165, 1.54) is 0 Å². The predicted octanol–water partition coefficient (Wildman–Crippen LogP) is 1.49. The summed E-state index contributed by atoms with van der Waals surface area (Å²) in [6.07, 6.45) is 0. The molecule has 0 unspecified atom stereocenters. The Morgan fingerprint density at radius 1 is 1.57 bits per heavy atom. The lowest BCUT2D eigenvalue weighted by Crippen LogP contribution is -2.13. The molecule has 0 saturated carbocycles. The van der Waals surface area contributed by atoms with Crippen LogP contribution >= 0.6 is 11.6 Å². The summed E-state index contributed by atoms with van der Waals surface area (Å²) in [5.41, 5.74) is 2.02. The molecule has 3 nitrogen and oxygen atoms in total. The molecule has 0 aliphatic carbocycles. The fraction of sp³-hybridized carbons (Fsp3) is 0.500. The van der Waals surface area contributed by atoms with Gasteiger partial charge in [-0.05, 0) is 13.8 Å². The fourth-order valence-electron chi connectivity index (χ4n) is 1.21. The van der Waals surface area contributed by atoms with Crippen molar-refractivity contribution in [1.29, 1.82) is 0 Å². The van der Waals surface area contributed by atoms with Crippen molar-refractivity contribution in [3.63, 3.8) is 0 Å². The topological polar surface area (TPSA) is 29.9 Å². The Bertz CT molecular complexity index is 371. The summed E-state index contributed by atoms with van der Waals surface area (Å²) in [6.45, 7) is 5.17. The van der Waals surface area contributed by atoms with E-state index in [0.717, 1.165) is 11.3 Å². The molecule has 0 bridgehead atoms. The van der Waals surface area contributed by atoms with Crippen LogP contribution in [0.3, 0.4) is 0 Å². The number of nitrogens with one attached hydrogen (secondary N) is 1. The van der Waals surface area contributed by atoms with E-state index >= 15 is 0 Å². The Kier molecular flexibility index (Phi) is 3.99. The third-order valence-electron chi connectivity index (χ3n) is 1.96. The number of hydrogen-bond acceptors (Lipinski definition) is 2. The van der Waals surface area contributed by atoms with E-state index in [9.17, 15) is 0 Å². The Morgan fingerprint density at radius 2 is 2.29 bits per heavy atom. The maximum Gasteiger partial charge on any atom is 0.131 e. The van der Waals surface area contributed by atoms with E-state index in [0.29, 0.717) is 18.2 Å².